The zero-order chi connectivity index (χ0) is 29.9. The SMILES string of the molecule is CSCCC(N)C(=O)NC(Cc1c[nH]c2ccccc12)C(=O)NC(Cc1ccc(O)cc1)C(=O)NC(CS)C(=O)O. The number of amides is 3. The Morgan fingerprint density at radius 1 is 0.927 bits per heavy atom. The number of H-pyrrole nitrogens is 1. The van der Waals surface area contributed by atoms with Gasteiger partial charge in [-0.1, -0.05) is 30.3 Å². The zero-order valence-electron chi connectivity index (χ0n) is 22.5. The van der Waals surface area contributed by atoms with Crippen LogP contribution in [0.15, 0.2) is 54.7 Å². The minimum Gasteiger partial charge on any atom is -0.508 e. The third-order valence-corrected chi connectivity index (χ3v) is 7.52. The molecule has 0 radical (unpaired) electrons. The summed E-state index contributed by atoms with van der Waals surface area (Å²) in [6, 6.07) is 9.20. The maximum atomic E-state index is 13.7. The number of hydrogen-bond acceptors (Lipinski definition) is 8. The van der Waals surface area contributed by atoms with Crippen LogP contribution in [0.4, 0.5) is 0 Å². The molecule has 0 saturated heterocycles. The molecule has 0 fully saturated rings. The van der Waals surface area contributed by atoms with E-state index in [0.717, 1.165) is 16.5 Å². The van der Waals surface area contributed by atoms with Gasteiger partial charge in [-0.3, -0.25) is 14.4 Å². The van der Waals surface area contributed by atoms with Crippen LogP contribution in [-0.4, -0.2) is 80.8 Å². The van der Waals surface area contributed by atoms with Gasteiger partial charge >= 0.3 is 5.97 Å². The number of hydrogen-bond donors (Lipinski definition) is 8. The molecule has 11 nitrogen and oxygen atoms in total. The standard InChI is InChI=1S/C28H35N5O6S2/c1-41-11-10-20(29)25(35)31-23(13-17-14-30-21-5-3-2-4-19(17)21)27(37)32-22(12-16-6-8-18(34)9-7-16)26(36)33-24(15-40)28(38)39/h2-9,14,20,22-24,30,34,40H,10-13,15,29H2,1H3,(H,31,35)(H,32,37)(H,33,36)(H,38,39). The van der Waals surface area contributed by atoms with Crippen molar-refractivity contribution in [1.82, 2.24) is 20.9 Å². The van der Waals surface area contributed by atoms with Crippen molar-refractivity contribution in [2.45, 2.75) is 43.4 Å². The van der Waals surface area contributed by atoms with Crippen molar-refractivity contribution in [1.29, 1.82) is 0 Å². The van der Waals surface area contributed by atoms with Crippen LogP contribution in [0.25, 0.3) is 10.9 Å². The highest BCUT2D eigenvalue weighted by Crippen LogP contribution is 2.20. The number of thioether (sulfide) groups is 1. The Balaban J connectivity index is 1.88. The van der Waals surface area contributed by atoms with Crippen molar-refractivity contribution < 1.29 is 29.4 Å². The van der Waals surface area contributed by atoms with Crippen LogP contribution < -0.4 is 21.7 Å². The number of aromatic nitrogens is 1. The highest BCUT2D eigenvalue weighted by atomic mass is 32.2. The Morgan fingerprint density at radius 3 is 2.17 bits per heavy atom. The van der Waals surface area contributed by atoms with E-state index in [1.165, 1.54) is 12.1 Å². The second-order valence-corrected chi connectivity index (χ2v) is 10.9. The summed E-state index contributed by atoms with van der Waals surface area (Å²) in [6.45, 7) is 0. The van der Waals surface area contributed by atoms with Gasteiger partial charge in [0.1, 0.15) is 23.9 Å². The predicted octanol–water partition coefficient (Wildman–Crippen LogP) is 1.21. The smallest absolute Gasteiger partial charge is 0.327 e. The lowest BCUT2D eigenvalue weighted by Gasteiger charge is -2.25. The lowest BCUT2D eigenvalue weighted by Crippen LogP contribution is -2.58. The Labute approximate surface area is 247 Å². The molecule has 3 rings (SSSR count). The van der Waals surface area contributed by atoms with Crippen molar-refractivity contribution in [3.8, 4) is 5.75 Å². The van der Waals surface area contributed by atoms with Crippen molar-refractivity contribution in [3.05, 3.63) is 65.9 Å². The summed E-state index contributed by atoms with van der Waals surface area (Å²) < 4.78 is 0. The van der Waals surface area contributed by atoms with Crippen LogP contribution >= 0.6 is 24.4 Å². The molecule has 0 aliphatic carbocycles. The number of thiol groups is 1. The molecule has 4 atom stereocenters. The normalized spacial score (nSPS) is 14.0. The highest BCUT2D eigenvalue weighted by Gasteiger charge is 2.31. The number of aliphatic carboxylic acids is 1. The molecule has 0 aliphatic rings. The maximum Gasteiger partial charge on any atom is 0.327 e. The van der Waals surface area contributed by atoms with E-state index >= 15 is 0 Å². The summed E-state index contributed by atoms with van der Waals surface area (Å²) in [5, 5.41) is 27.7. The fourth-order valence-electron chi connectivity index (χ4n) is 4.19. The largest absolute Gasteiger partial charge is 0.508 e. The van der Waals surface area contributed by atoms with E-state index in [-0.39, 0.29) is 24.3 Å². The number of carbonyl (C=O) groups is 4. The molecular weight excluding hydrogens is 566 g/mol. The van der Waals surface area contributed by atoms with E-state index in [1.54, 1.807) is 30.1 Å². The molecule has 41 heavy (non-hydrogen) atoms. The summed E-state index contributed by atoms with van der Waals surface area (Å²) in [5.41, 5.74) is 8.31. The number of phenols is 1. The van der Waals surface area contributed by atoms with Gasteiger partial charge in [-0.05, 0) is 47.8 Å². The highest BCUT2D eigenvalue weighted by molar-refractivity contribution is 7.98. The fourth-order valence-corrected chi connectivity index (χ4v) is 4.93. The second kappa shape index (κ2) is 15.4. The lowest BCUT2D eigenvalue weighted by atomic mass is 10.0. The Kier molecular flexibility index (Phi) is 11.9. The van der Waals surface area contributed by atoms with E-state index in [2.05, 4.69) is 33.6 Å². The molecule has 0 bridgehead atoms. The van der Waals surface area contributed by atoms with E-state index in [1.807, 2.05) is 30.5 Å². The quantitative estimate of drug-likeness (QED) is 0.119. The van der Waals surface area contributed by atoms with E-state index in [4.69, 9.17) is 5.73 Å². The first kappa shape index (κ1) is 31.8. The number of para-hydroxylation sites is 1. The summed E-state index contributed by atoms with van der Waals surface area (Å²) in [5.74, 6) is -2.61. The third-order valence-electron chi connectivity index (χ3n) is 6.51. The molecule has 3 amide bonds. The molecule has 1 aromatic heterocycles. The average Bonchev–Trinajstić information content (AvgIpc) is 3.37. The third kappa shape index (κ3) is 9.17. The number of nitrogens with two attached hydrogens (primary N) is 1. The van der Waals surface area contributed by atoms with Crippen molar-refractivity contribution in [2.24, 2.45) is 5.73 Å². The first-order valence-corrected chi connectivity index (χ1v) is 15.0. The van der Waals surface area contributed by atoms with Crippen LogP contribution in [0.3, 0.4) is 0 Å². The van der Waals surface area contributed by atoms with Gasteiger partial charge in [0, 0.05) is 35.7 Å². The summed E-state index contributed by atoms with van der Waals surface area (Å²) in [7, 11) is 0. The van der Waals surface area contributed by atoms with Crippen LogP contribution in [0, 0.1) is 0 Å². The average molecular weight is 602 g/mol. The molecule has 0 saturated carbocycles. The number of benzene rings is 2. The number of nitrogens with one attached hydrogen (secondary N) is 4. The van der Waals surface area contributed by atoms with E-state index in [0.29, 0.717) is 17.7 Å². The molecule has 2 aromatic carbocycles. The molecular formula is C28H35N5O6S2. The number of rotatable bonds is 15. The van der Waals surface area contributed by atoms with Crippen molar-refractivity contribution >= 4 is 59.0 Å². The van der Waals surface area contributed by atoms with E-state index in [9.17, 15) is 29.4 Å². The van der Waals surface area contributed by atoms with E-state index < -0.39 is 47.9 Å². The number of carboxylic acid groups (broad SMARTS) is 1. The van der Waals surface area contributed by atoms with Gasteiger partial charge in [-0.2, -0.15) is 24.4 Å². The molecule has 0 aliphatic heterocycles. The van der Waals surface area contributed by atoms with Gasteiger partial charge < -0.3 is 36.9 Å². The Bertz CT molecular complexity index is 1350. The first-order valence-electron chi connectivity index (χ1n) is 12.9. The predicted molar refractivity (Wildman–Crippen MR) is 162 cm³/mol. The molecule has 3 aromatic rings. The molecule has 1 heterocycles. The minimum atomic E-state index is -1.28. The minimum absolute atomic E-state index is 0.00223. The number of carbonyl (C=O) groups excluding carboxylic acids is 3. The monoisotopic (exact) mass is 601 g/mol. The lowest BCUT2D eigenvalue weighted by molar-refractivity contribution is -0.141. The van der Waals surface area contributed by atoms with Gasteiger partial charge in [0.25, 0.3) is 0 Å². The van der Waals surface area contributed by atoms with Gasteiger partial charge in [-0.25, -0.2) is 4.79 Å². The molecule has 13 heteroatoms. The van der Waals surface area contributed by atoms with Gasteiger partial charge in [0.2, 0.25) is 17.7 Å². The number of carboxylic acids is 1. The summed E-state index contributed by atoms with van der Waals surface area (Å²) >= 11 is 5.55. The molecule has 4 unspecified atom stereocenters. The van der Waals surface area contributed by atoms with Crippen LogP contribution in [-0.2, 0) is 32.0 Å². The van der Waals surface area contributed by atoms with Gasteiger partial charge in [0.05, 0.1) is 6.04 Å². The summed E-state index contributed by atoms with van der Waals surface area (Å²) in [4.78, 5) is 54.5. The zero-order valence-corrected chi connectivity index (χ0v) is 24.2. The maximum absolute atomic E-state index is 13.7. The topological polar surface area (TPSA) is 187 Å². The van der Waals surface area contributed by atoms with Gasteiger partial charge in [0.15, 0.2) is 0 Å². The van der Waals surface area contributed by atoms with Crippen LogP contribution in [0.1, 0.15) is 17.5 Å². The first-order chi connectivity index (χ1) is 19.6. The van der Waals surface area contributed by atoms with Crippen molar-refractivity contribution in [2.75, 3.05) is 17.8 Å². The number of aromatic amines is 1. The van der Waals surface area contributed by atoms with Crippen LogP contribution in [0.2, 0.25) is 0 Å². The van der Waals surface area contributed by atoms with Gasteiger partial charge in [-0.15, -0.1) is 0 Å². The molecule has 8 N–H and O–H groups in total. The van der Waals surface area contributed by atoms with Crippen LogP contribution in [0.5, 0.6) is 5.75 Å². The molecule has 220 valence electrons. The van der Waals surface area contributed by atoms with Crippen molar-refractivity contribution in [3.63, 3.8) is 0 Å². The Hall–Kier alpha value is -3.68. The number of fused-ring (bicyclic) bond motifs is 1. The molecule has 0 spiro atoms. The number of aromatic hydroxyl groups is 1. The summed E-state index contributed by atoms with van der Waals surface area (Å²) in [6.07, 6.45) is 4.19. The fraction of sp³-hybridized carbons (Fsp3) is 0.357. The number of phenolic OH excluding ortho intramolecular Hbond substituents is 1. The second-order valence-electron chi connectivity index (χ2n) is 9.53. The Morgan fingerprint density at radius 2 is 1.54 bits per heavy atom.